The van der Waals surface area contributed by atoms with Crippen LogP contribution in [0.15, 0.2) is 64.5 Å². The van der Waals surface area contributed by atoms with Gasteiger partial charge >= 0.3 is 0 Å². The molecule has 0 spiro atoms. The van der Waals surface area contributed by atoms with Crippen molar-refractivity contribution in [3.8, 4) is 5.69 Å². The van der Waals surface area contributed by atoms with E-state index in [2.05, 4.69) is 36.3 Å². The fraction of sp³-hybridized carbons (Fsp3) is 0.0526. The third-order valence-electron chi connectivity index (χ3n) is 3.94. The van der Waals surface area contributed by atoms with Gasteiger partial charge in [-0.25, -0.2) is 23.4 Å². The molecule has 10 heteroatoms. The van der Waals surface area contributed by atoms with E-state index in [0.717, 1.165) is 11.8 Å². The van der Waals surface area contributed by atoms with Gasteiger partial charge in [-0.15, -0.1) is 0 Å². The number of amides is 1. The van der Waals surface area contributed by atoms with Crippen LogP contribution in [0.25, 0.3) is 16.7 Å². The van der Waals surface area contributed by atoms with Gasteiger partial charge in [0.1, 0.15) is 17.2 Å². The van der Waals surface area contributed by atoms with Crippen LogP contribution in [0.4, 0.5) is 14.5 Å². The molecule has 2 aromatic carbocycles. The number of halogens is 3. The van der Waals surface area contributed by atoms with E-state index in [9.17, 15) is 13.6 Å². The SMILES string of the molecule is O=C(CSc1ncnc2c1cnn2-c1ccccc1)Nc1c(F)cc(F)cc1Br. The van der Waals surface area contributed by atoms with Gasteiger partial charge in [0.25, 0.3) is 0 Å². The molecule has 4 aromatic rings. The molecule has 0 bridgehead atoms. The van der Waals surface area contributed by atoms with Crippen LogP contribution in [0.1, 0.15) is 0 Å². The molecule has 0 aliphatic carbocycles. The summed E-state index contributed by atoms with van der Waals surface area (Å²) in [7, 11) is 0. The molecule has 0 fully saturated rings. The first kappa shape index (κ1) is 19.5. The van der Waals surface area contributed by atoms with Crippen LogP contribution in [-0.4, -0.2) is 31.4 Å². The zero-order valence-electron chi connectivity index (χ0n) is 14.6. The first-order chi connectivity index (χ1) is 14.0. The van der Waals surface area contributed by atoms with Crippen LogP contribution in [0, 0.1) is 11.6 Å². The third kappa shape index (κ3) is 4.13. The molecule has 1 N–H and O–H groups in total. The Hall–Kier alpha value is -2.85. The van der Waals surface area contributed by atoms with Crippen molar-refractivity contribution in [3.63, 3.8) is 0 Å². The van der Waals surface area contributed by atoms with Crippen molar-refractivity contribution in [1.29, 1.82) is 0 Å². The Kier molecular flexibility index (Phi) is 5.54. The van der Waals surface area contributed by atoms with E-state index in [1.165, 1.54) is 18.1 Å². The van der Waals surface area contributed by atoms with E-state index in [1.54, 1.807) is 10.9 Å². The molecule has 0 unspecified atom stereocenters. The summed E-state index contributed by atoms with van der Waals surface area (Å²) in [5.74, 6) is -2.07. The number of anilines is 1. The summed E-state index contributed by atoms with van der Waals surface area (Å²) in [4.78, 5) is 20.8. The third-order valence-corrected chi connectivity index (χ3v) is 5.57. The fourth-order valence-electron chi connectivity index (χ4n) is 2.67. The van der Waals surface area contributed by atoms with Crippen molar-refractivity contribution in [2.75, 3.05) is 11.1 Å². The zero-order chi connectivity index (χ0) is 20.4. The van der Waals surface area contributed by atoms with Crippen molar-refractivity contribution >= 4 is 50.3 Å². The lowest BCUT2D eigenvalue weighted by atomic mass is 10.3. The standard InChI is InChI=1S/C19H12BrF2N5OS/c20-14-6-11(21)7-15(22)17(14)26-16(28)9-29-19-13-8-25-27(18(13)23-10-24-19)12-4-2-1-3-5-12/h1-8,10H,9H2,(H,26,28). The molecule has 1 amide bonds. The number of hydrogen-bond acceptors (Lipinski definition) is 5. The Bertz CT molecular complexity index is 1180. The highest BCUT2D eigenvalue weighted by Crippen LogP contribution is 2.29. The van der Waals surface area contributed by atoms with E-state index >= 15 is 0 Å². The molecule has 0 atom stereocenters. The average molecular weight is 476 g/mol. The lowest BCUT2D eigenvalue weighted by molar-refractivity contribution is -0.113. The fourth-order valence-corrected chi connectivity index (χ4v) is 3.94. The largest absolute Gasteiger partial charge is 0.322 e. The molecule has 2 heterocycles. The number of fused-ring (bicyclic) bond motifs is 1. The molecule has 0 saturated heterocycles. The Morgan fingerprint density at radius 2 is 1.97 bits per heavy atom. The minimum atomic E-state index is -0.858. The van der Waals surface area contributed by atoms with E-state index in [4.69, 9.17) is 0 Å². The van der Waals surface area contributed by atoms with E-state index in [-0.39, 0.29) is 15.9 Å². The monoisotopic (exact) mass is 475 g/mol. The van der Waals surface area contributed by atoms with E-state index in [0.29, 0.717) is 22.1 Å². The Labute approximate surface area is 176 Å². The van der Waals surface area contributed by atoms with Crippen molar-refractivity contribution in [3.05, 3.63) is 71.1 Å². The van der Waals surface area contributed by atoms with Crippen LogP contribution in [-0.2, 0) is 4.79 Å². The molecular weight excluding hydrogens is 464 g/mol. The second kappa shape index (κ2) is 8.26. The smallest absolute Gasteiger partial charge is 0.234 e. The van der Waals surface area contributed by atoms with Crippen LogP contribution in [0.5, 0.6) is 0 Å². The summed E-state index contributed by atoms with van der Waals surface area (Å²) in [5, 5.41) is 8.08. The molecule has 0 saturated carbocycles. The quantitative estimate of drug-likeness (QED) is 0.337. The van der Waals surface area contributed by atoms with Crippen molar-refractivity contribution < 1.29 is 13.6 Å². The summed E-state index contributed by atoms with van der Waals surface area (Å²) >= 11 is 4.22. The lowest BCUT2D eigenvalue weighted by Crippen LogP contribution is -2.15. The van der Waals surface area contributed by atoms with Gasteiger partial charge in [0.2, 0.25) is 5.91 Å². The van der Waals surface area contributed by atoms with Crippen LogP contribution in [0.2, 0.25) is 0 Å². The highest BCUT2D eigenvalue weighted by molar-refractivity contribution is 9.10. The lowest BCUT2D eigenvalue weighted by Gasteiger charge is -2.09. The van der Waals surface area contributed by atoms with Gasteiger partial charge < -0.3 is 5.32 Å². The first-order valence-electron chi connectivity index (χ1n) is 8.34. The topological polar surface area (TPSA) is 72.7 Å². The number of rotatable bonds is 5. The minimum Gasteiger partial charge on any atom is -0.322 e. The second-order valence-electron chi connectivity index (χ2n) is 5.89. The van der Waals surface area contributed by atoms with Gasteiger partial charge in [-0.1, -0.05) is 30.0 Å². The number of benzene rings is 2. The highest BCUT2D eigenvalue weighted by Gasteiger charge is 2.15. The number of para-hydroxylation sites is 1. The number of nitrogens with one attached hydrogen (secondary N) is 1. The Morgan fingerprint density at radius 3 is 2.72 bits per heavy atom. The van der Waals surface area contributed by atoms with Gasteiger partial charge in [-0.2, -0.15) is 5.10 Å². The average Bonchev–Trinajstić information content (AvgIpc) is 3.14. The molecule has 0 aliphatic rings. The van der Waals surface area contributed by atoms with Gasteiger partial charge in [-0.05, 0) is 34.1 Å². The summed E-state index contributed by atoms with van der Waals surface area (Å²) < 4.78 is 28.9. The molecular formula is C19H12BrF2N5OS. The first-order valence-corrected chi connectivity index (χ1v) is 10.1. The maximum absolute atomic E-state index is 13.9. The molecule has 146 valence electrons. The van der Waals surface area contributed by atoms with Crippen LogP contribution >= 0.6 is 27.7 Å². The minimum absolute atomic E-state index is 0.0219. The molecule has 0 radical (unpaired) electrons. The molecule has 29 heavy (non-hydrogen) atoms. The number of nitrogens with zero attached hydrogens (tertiary/aromatic N) is 4. The van der Waals surface area contributed by atoms with Crippen LogP contribution in [0.3, 0.4) is 0 Å². The summed E-state index contributed by atoms with van der Waals surface area (Å²) in [6.45, 7) is 0. The summed E-state index contributed by atoms with van der Waals surface area (Å²) in [5.41, 5.74) is 1.36. The molecule has 4 rings (SSSR count). The molecule has 6 nitrogen and oxygen atoms in total. The summed E-state index contributed by atoms with van der Waals surface area (Å²) in [6, 6.07) is 11.3. The number of carbonyl (C=O) groups excluding carboxylic acids is 1. The predicted molar refractivity (Wildman–Crippen MR) is 110 cm³/mol. The molecule has 2 aromatic heterocycles. The maximum atomic E-state index is 13.9. The maximum Gasteiger partial charge on any atom is 0.234 e. The Balaban J connectivity index is 1.52. The second-order valence-corrected chi connectivity index (χ2v) is 7.71. The van der Waals surface area contributed by atoms with Gasteiger partial charge in [-0.3, -0.25) is 4.79 Å². The number of hydrogen-bond donors (Lipinski definition) is 1. The van der Waals surface area contributed by atoms with Crippen molar-refractivity contribution in [2.45, 2.75) is 5.03 Å². The number of thioether (sulfide) groups is 1. The zero-order valence-corrected chi connectivity index (χ0v) is 17.0. The van der Waals surface area contributed by atoms with Crippen LogP contribution < -0.4 is 5.32 Å². The van der Waals surface area contributed by atoms with Gasteiger partial charge in [0.15, 0.2) is 11.5 Å². The Morgan fingerprint density at radius 1 is 1.17 bits per heavy atom. The predicted octanol–water partition coefficient (Wildman–Crippen LogP) is 4.59. The van der Waals surface area contributed by atoms with Gasteiger partial charge in [0.05, 0.1) is 28.7 Å². The van der Waals surface area contributed by atoms with Gasteiger partial charge in [0, 0.05) is 10.5 Å². The van der Waals surface area contributed by atoms with Crippen molar-refractivity contribution in [1.82, 2.24) is 19.7 Å². The normalized spacial score (nSPS) is 11.0. The van der Waals surface area contributed by atoms with Crippen molar-refractivity contribution in [2.24, 2.45) is 0 Å². The number of carbonyl (C=O) groups is 1. The highest BCUT2D eigenvalue weighted by atomic mass is 79.9. The van der Waals surface area contributed by atoms with E-state index < -0.39 is 17.5 Å². The molecule has 0 aliphatic heterocycles. The summed E-state index contributed by atoms with van der Waals surface area (Å²) in [6.07, 6.45) is 3.04. The number of aromatic nitrogens is 4. The van der Waals surface area contributed by atoms with E-state index in [1.807, 2.05) is 30.3 Å².